The van der Waals surface area contributed by atoms with Crippen molar-refractivity contribution in [1.29, 1.82) is 0 Å². The quantitative estimate of drug-likeness (QED) is 0.318. The average Bonchev–Trinajstić information content (AvgIpc) is 2.88. The fourth-order valence-corrected chi connectivity index (χ4v) is 5.39. The van der Waals surface area contributed by atoms with E-state index in [9.17, 15) is 22.8 Å². The van der Waals surface area contributed by atoms with Gasteiger partial charge in [-0.05, 0) is 63.1 Å². The molecule has 3 rings (SSSR count). The highest BCUT2D eigenvalue weighted by Gasteiger charge is 2.34. The molecule has 1 N–H and O–H groups in total. The van der Waals surface area contributed by atoms with Crippen molar-refractivity contribution in [3.8, 4) is 0 Å². The van der Waals surface area contributed by atoms with Gasteiger partial charge in [-0.2, -0.15) is 0 Å². The summed E-state index contributed by atoms with van der Waals surface area (Å²) >= 11 is 6.23. The summed E-state index contributed by atoms with van der Waals surface area (Å²) < 4.78 is 26.8. The molecule has 0 saturated carbocycles. The van der Waals surface area contributed by atoms with Gasteiger partial charge in [0.05, 0.1) is 11.9 Å². The minimum Gasteiger partial charge on any atom is -0.350 e. The van der Waals surface area contributed by atoms with Crippen molar-refractivity contribution >= 4 is 44.9 Å². The Morgan fingerprint density at radius 2 is 1.54 bits per heavy atom. The summed E-state index contributed by atoms with van der Waals surface area (Å²) in [6, 6.07) is 21.4. The van der Waals surface area contributed by atoms with Crippen LogP contribution in [-0.4, -0.2) is 55.3 Å². The highest BCUT2D eigenvalue weighted by Crippen LogP contribution is 2.23. The molecule has 1 atom stereocenters. The van der Waals surface area contributed by atoms with Crippen molar-refractivity contribution in [3.63, 3.8) is 0 Å². The molecule has 0 radical (unpaired) electrons. The number of nitrogens with zero attached hydrogens (tertiary/aromatic N) is 2. The normalized spacial score (nSPS) is 12.3. The van der Waals surface area contributed by atoms with Crippen molar-refractivity contribution in [2.24, 2.45) is 0 Å². The van der Waals surface area contributed by atoms with Gasteiger partial charge in [-0.3, -0.25) is 18.7 Å². The van der Waals surface area contributed by atoms with E-state index < -0.39 is 34.1 Å². The summed E-state index contributed by atoms with van der Waals surface area (Å²) in [5.41, 5.74) is 1.42. The Morgan fingerprint density at radius 3 is 2.12 bits per heavy atom. The number of amides is 2. The number of Topliss-reactive ketones (excluding diaryl/α,β-unsaturated/α-hetero) is 1. The van der Waals surface area contributed by atoms with Crippen LogP contribution in [-0.2, 0) is 32.6 Å². The summed E-state index contributed by atoms with van der Waals surface area (Å²) in [7, 11) is -3.95. The van der Waals surface area contributed by atoms with Crippen molar-refractivity contribution in [2.75, 3.05) is 17.1 Å². The third-order valence-corrected chi connectivity index (χ3v) is 7.61. The smallest absolute Gasteiger partial charge is 0.244 e. The van der Waals surface area contributed by atoms with Gasteiger partial charge >= 0.3 is 0 Å². The van der Waals surface area contributed by atoms with Gasteiger partial charge in [0, 0.05) is 29.1 Å². The van der Waals surface area contributed by atoms with Crippen molar-refractivity contribution < 1.29 is 22.8 Å². The average molecular weight is 598 g/mol. The standard InChI is InChI=1S/C31H36ClN3O5S/c1-22(36)25-14-10-16-27(19-25)35(41(5,39)40)21-29(37)34(20-24-13-9-15-26(32)17-24)28(30(38)33-31(2,3)4)18-23-11-7-6-8-12-23/h6-17,19,28H,18,20-21H2,1-5H3,(H,33,38)/t28-/m1/s1. The van der Waals surface area contributed by atoms with Crippen LogP contribution in [0, 0.1) is 0 Å². The molecule has 3 aromatic rings. The molecule has 10 heteroatoms. The Kier molecular flexibility index (Phi) is 10.3. The number of anilines is 1. The van der Waals surface area contributed by atoms with Crippen LogP contribution in [0.25, 0.3) is 0 Å². The van der Waals surface area contributed by atoms with Gasteiger partial charge in [0.2, 0.25) is 21.8 Å². The van der Waals surface area contributed by atoms with E-state index in [0.717, 1.165) is 16.1 Å². The lowest BCUT2D eigenvalue weighted by Crippen LogP contribution is -2.56. The lowest BCUT2D eigenvalue weighted by atomic mass is 10.0. The Balaban J connectivity index is 2.09. The van der Waals surface area contributed by atoms with E-state index in [0.29, 0.717) is 16.1 Å². The van der Waals surface area contributed by atoms with E-state index in [4.69, 9.17) is 11.6 Å². The van der Waals surface area contributed by atoms with Crippen molar-refractivity contribution in [3.05, 3.63) is 101 Å². The number of halogens is 1. The molecule has 0 heterocycles. The zero-order chi connectivity index (χ0) is 30.4. The Morgan fingerprint density at radius 1 is 0.902 bits per heavy atom. The van der Waals surface area contributed by atoms with Crippen LogP contribution in [0.3, 0.4) is 0 Å². The summed E-state index contributed by atoms with van der Waals surface area (Å²) in [4.78, 5) is 41.2. The second kappa shape index (κ2) is 13.3. The number of carbonyl (C=O) groups excluding carboxylic acids is 3. The molecule has 0 aromatic heterocycles. The largest absolute Gasteiger partial charge is 0.350 e. The molecule has 41 heavy (non-hydrogen) atoms. The van der Waals surface area contributed by atoms with Crippen LogP contribution < -0.4 is 9.62 Å². The lowest BCUT2D eigenvalue weighted by Gasteiger charge is -2.35. The molecule has 0 saturated heterocycles. The fraction of sp³-hybridized carbons (Fsp3) is 0.323. The first kappa shape index (κ1) is 31.8. The summed E-state index contributed by atoms with van der Waals surface area (Å²) in [6.07, 6.45) is 1.20. The predicted molar refractivity (Wildman–Crippen MR) is 162 cm³/mol. The van der Waals surface area contributed by atoms with Gasteiger partial charge in [-0.15, -0.1) is 0 Å². The van der Waals surface area contributed by atoms with Gasteiger partial charge in [-0.1, -0.05) is 66.2 Å². The first-order chi connectivity index (χ1) is 19.1. The Hall–Kier alpha value is -3.69. The number of hydrogen-bond donors (Lipinski definition) is 1. The minimum atomic E-state index is -3.95. The van der Waals surface area contributed by atoms with Crippen LogP contribution in [0.5, 0.6) is 0 Å². The van der Waals surface area contributed by atoms with Crippen LogP contribution >= 0.6 is 11.6 Å². The molecule has 0 unspecified atom stereocenters. The molecule has 0 aliphatic heterocycles. The molecular formula is C31H36ClN3O5S. The molecule has 3 aromatic carbocycles. The van der Waals surface area contributed by atoms with E-state index in [1.165, 1.54) is 24.0 Å². The molecule has 0 spiro atoms. The molecule has 0 fully saturated rings. The number of nitrogens with one attached hydrogen (secondary N) is 1. The van der Waals surface area contributed by atoms with E-state index in [1.54, 1.807) is 36.4 Å². The third kappa shape index (κ3) is 9.43. The topological polar surface area (TPSA) is 104 Å². The molecule has 2 amide bonds. The molecule has 218 valence electrons. The number of ketones is 1. The highest BCUT2D eigenvalue weighted by atomic mass is 35.5. The predicted octanol–water partition coefficient (Wildman–Crippen LogP) is 4.86. The van der Waals surface area contributed by atoms with E-state index >= 15 is 0 Å². The first-order valence-electron chi connectivity index (χ1n) is 13.1. The van der Waals surface area contributed by atoms with Gasteiger partial charge in [0.1, 0.15) is 12.6 Å². The third-order valence-electron chi connectivity index (χ3n) is 6.23. The second-order valence-electron chi connectivity index (χ2n) is 11.0. The Labute approximate surface area is 247 Å². The fourth-order valence-electron chi connectivity index (χ4n) is 4.33. The number of carbonyl (C=O) groups is 3. The molecular weight excluding hydrogens is 562 g/mol. The number of hydrogen-bond acceptors (Lipinski definition) is 5. The zero-order valence-corrected chi connectivity index (χ0v) is 25.5. The summed E-state index contributed by atoms with van der Waals surface area (Å²) in [5, 5.41) is 3.44. The van der Waals surface area contributed by atoms with Crippen LogP contribution in [0.15, 0.2) is 78.9 Å². The zero-order valence-electron chi connectivity index (χ0n) is 23.9. The van der Waals surface area contributed by atoms with Crippen LogP contribution in [0.1, 0.15) is 49.2 Å². The number of rotatable bonds is 11. The first-order valence-corrected chi connectivity index (χ1v) is 15.4. The maximum absolute atomic E-state index is 14.1. The van der Waals surface area contributed by atoms with Gasteiger partial charge in [-0.25, -0.2) is 8.42 Å². The molecule has 0 aliphatic rings. The van der Waals surface area contributed by atoms with E-state index in [2.05, 4.69) is 5.32 Å². The summed E-state index contributed by atoms with van der Waals surface area (Å²) in [5.74, 6) is -1.20. The van der Waals surface area contributed by atoms with Gasteiger partial charge in [0.15, 0.2) is 5.78 Å². The van der Waals surface area contributed by atoms with Crippen LogP contribution in [0.2, 0.25) is 5.02 Å². The van der Waals surface area contributed by atoms with Gasteiger partial charge in [0.25, 0.3) is 0 Å². The monoisotopic (exact) mass is 597 g/mol. The molecule has 0 aliphatic carbocycles. The second-order valence-corrected chi connectivity index (χ2v) is 13.3. The highest BCUT2D eigenvalue weighted by molar-refractivity contribution is 7.92. The van der Waals surface area contributed by atoms with Crippen molar-refractivity contribution in [2.45, 2.75) is 52.2 Å². The summed E-state index contributed by atoms with van der Waals surface area (Å²) in [6.45, 7) is 6.36. The SMILES string of the molecule is CC(=O)c1cccc(N(CC(=O)N(Cc2cccc(Cl)c2)[C@H](Cc2ccccc2)C(=O)NC(C)(C)C)S(C)(=O)=O)c1. The van der Waals surface area contributed by atoms with Crippen LogP contribution in [0.4, 0.5) is 5.69 Å². The van der Waals surface area contributed by atoms with Crippen molar-refractivity contribution in [1.82, 2.24) is 10.2 Å². The Bertz CT molecular complexity index is 1500. The number of benzene rings is 3. The van der Waals surface area contributed by atoms with E-state index in [1.807, 2.05) is 51.1 Å². The maximum atomic E-state index is 14.1. The molecule has 0 bridgehead atoms. The lowest BCUT2D eigenvalue weighted by molar-refractivity contribution is -0.140. The van der Waals surface area contributed by atoms with E-state index in [-0.39, 0.29) is 30.3 Å². The molecule has 8 nitrogen and oxygen atoms in total. The van der Waals surface area contributed by atoms with Gasteiger partial charge < -0.3 is 10.2 Å². The maximum Gasteiger partial charge on any atom is 0.244 e. The number of sulfonamides is 1. The minimum absolute atomic E-state index is 0.0134.